The SMILES string of the molecule is CCCCC/C=C\C/C=C\C/C=C\CCCCCCCCC(=O)OCC(O)COP(=O)(O)OCC(NC(=O)CCCCCCCCCCCCCCC)C(=O)O. The van der Waals surface area contributed by atoms with Crippen LogP contribution in [0, 0.1) is 0 Å². The molecule has 0 fully saturated rings. The second kappa shape index (κ2) is 39.5. The van der Waals surface area contributed by atoms with Gasteiger partial charge in [0.2, 0.25) is 5.91 Å². The summed E-state index contributed by atoms with van der Waals surface area (Å²) in [5.41, 5.74) is 0. The molecule has 0 aromatic rings. The number of phosphoric acid groups is 1. The zero-order valence-corrected chi connectivity index (χ0v) is 36.1. The molecule has 0 heterocycles. The molecule has 0 saturated carbocycles. The van der Waals surface area contributed by atoms with Gasteiger partial charge in [-0.25, -0.2) is 9.36 Å². The Bertz CT molecular complexity index is 1100. The Kier molecular flexibility index (Phi) is 37.9. The third-order valence-corrected chi connectivity index (χ3v) is 10.4. The van der Waals surface area contributed by atoms with Gasteiger partial charge in [0.25, 0.3) is 0 Å². The number of hydrogen-bond donors (Lipinski definition) is 4. The number of amides is 1. The summed E-state index contributed by atoms with van der Waals surface area (Å²) in [7, 11) is -4.76. The molecular weight excluding hydrogens is 733 g/mol. The number of hydrogen-bond acceptors (Lipinski definition) is 8. The lowest BCUT2D eigenvalue weighted by atomic mass is 10.0. The van der Waals surface area contributed by atoms with Crippen molar-refractivity contribution in [2.24, 2.45) is 0 Å². The highest BCUT2D eigenvalue weighted by atomic mass is 31.2. The third-order valence-electron chi connectivity index (χ3n) is 9.43. The minimum absolute atomic E-state index is 0.147. The monoisotopic (exact) mass is 814 g/mol. The fourth-order valence-electron chi connectivity index (χ4n) is 5.97. The van der Waals surface area contributed by atoms with Crippen LogP contribution in [0.2, 0.25) is 0 Å². The van der Waals surface area contributed by atoms with Crippen LogP contribution in [-0.4, -0.2) is 64.9 Å². The number of carbonyl (C=O) groups excluding carboxylic acids is 2. The Morgan fingerprint density at radius 2 is 0.982 bits per heavy atom. The number of carboxylic acids is 1. The molecule has 0 rings (SSSR count). The zero-order chi connectivity index (χ0) is 41.4. The second-order valence-corrected chi connectivity index (χ2v) is 16.3. The lowest BCUT2D eigenvalue weighted by molar-refractivity contribution is -0.147. The molecule has 0 saturated heterocycles. The first-order valence-electron chi connectivity index (χ1n) is 22.0. The van der Waals surface area contributed by atoms with E-state index in [-0.39, 0.29) is 12.8 Å². The molecule has 0 spiro atoms. The van der Waals surface area contributed by atoms with Crippen LogP contribution in [0.1, 0.15) is 194 Å². The van der Waals surface area contributed by atoms with Gasteiger partial charge in [0.15, 0.2) is 6.04 Å². The van der Waals surface area contributed by atoms with Crippen molar-refractivity contribution in [2.75, 3.05) is 19.8 Å². The number of allylic oxidation sites excluding steroid dienone is 6. The summed E-state index contributed by atoms with van der Waals surface area (Å²) in [6, 6.07) is -1.54. The largest absolute Gasteiger partial charge is 0.480 e. The van der Waals surface area contributed by atoms with Gasteiger partial charge in [-0.05, 0) is 51.4 Å². The third kappa shape index (κ3) is 38.6. The molecule has 4 N–H and O–H groups in total. The first-order valence-corrected chi connectivity index (χ1v) is 23.5. The Morgan fingerprint density at radius 1 is 0.571 bits per heavy atom. The van der Waals surface area contributed by atoms with E-state index in [2.05, 4.69) is 55.6 Å². The van der Waals surface area contributed by atoms with Crippen molar-refractivity contribution in [3.05, 3.63) is 36.5 Å². The molecule has 3 atom stereocenters. The van der Waals surface area contributed by atoms with Crippen molar-refractivity contribution < 1.29 is 47.8 Å². The molecule has 0 aromatic carbocycles. The molecule has 0 aromatic heterocycles. The van der Waals surface area contributed by atoms with Crippen LogP contribution in [0.15, 0.2) is 36.5 Å². The molecule has 56 heavy (non-hydrogen) atoms. The summed E-state index contributed by atoms with van der Waals surface area (Å²) in [6.07, 6.45) is 41.6. The van der Waals surface area contributed by atoms with Crippen LogP contribution in [-0.2, 0) is 32.7 Å². The molecule has 3 unspecified atom stereocenters. The molecule has 11 nitrogen and oxygen atoms in total. The number of aliphatic hydroxyl groups excluding tert-OH is 1. The fourth-order valence-corrected chi connectivity index (χ4v) is 6.74. The van der Waals surface area contributed by atoms with Gasteiger partial charge in [0.1, 0.15) is 12.7 Å². The molecule has 0 aliphatic rings. The quantitative estimate of drug-likeness (QED) is 0.0202. The minimum atomic E-state index is -4.76. The van der Waals surface area contributed by atoms with Gasteiger partial charge in [-0.3, -0.25) is 18.6 Å². The number of carboxylic acid groups (broad SMARTS) is 1. The van der Waals surface area contributed by atoms with Crippen LogP contribution in [0.25, 0.3) is 0 Å². The molecule has 326 valence electrons. The number of aliphatic hydroxyl groups is 1. The van der Waals surface area contributed by atoms with Crippen LogP contribution < -0.4 is 5.32 Å². The number of carbonyl (C=O) groups is 3. The second-order valence-electron chi connectivity index (χ2n) is 14.9. The Morgan fingerprint density at radius 3 is 1.50 bits per heavy atom. The van der Waals surface area contributed by atoms with Gasteiger partial charge in [0, 0.05) is 12.8 Å². The van der Waals surface area contributed by atoms with Gasteiger partial charge < -0.3 is 25.2 Å². The molecule has 0 radical (unpaired) electrons. The maximum absolute atomic E-state index is 12.3. The standard InChI is InChI=1S/C44H80NO10P/c1-3-5-7-9-11-13-15-17-18-19-20-21-22-24-26-28-30-32-34-36-43(48)53-37-40(46)38-54-56(51,52)55-39-41(44(49)50)45-42(47)35-33-31-29-27-25-23-16-14-12-10-8-6-4-2/h11,13,17-18,20-21,40-41,46H,3-10,12,14-16,19,22-39H2,1-2H3,(H,45,47)(H,49,50)(H,51,52)/b13-11-,18-17-,21-20-. The summed E-state index contributed by atoms with van der Waals surface area (Å²) in [4.78, 5) is 45.9. The number of nitrogens with one attached hydrogen (secondary N) is 1. The van der Waals surface area contributed by atoms with Gasteiger partial charge in [-0.2, -0.15) is 0 Å². The van der Waals surface area contributed by atoms with E-state index in [0.29, 0.717) is 12.8 Å². The normalized spacial score (nSPS) is 14.1. The smallest absolute Gasteiger partial charge is 0.472 e. The average Bonchev–Trinajstić information content (AvgIpc) is 3.17. The lowest BCUT2D eigenvalue weighted by Crippen LogP contribution is -2.43. The number of ether oxygens (including phenoxy) is 1. The molecule has 1 amide bonds. The fraction of sp³-hybridized carbons (Fsp3) is 0.795. The van der Waals surface area contributed by atoms with Crippen LogP contribution in [0.3, 0.4) is 0 Å². The maximum Gasteiger partial charge on any atom is 0.472 e. The number of esters is 1. The van der Waals surface area contributed by atoms with E-state index < -0.39 is 57.6 Å². The van der Waals surface area contributed by atoms with Crippen molar-refractivity contribution in [3.8, 4) is 0 Å². The van der Waals surface area contributed by atoms with E-state index in [1.54, 1.807) is 0 Å². The summed E-state index contributed by atoms with van der Waals surface area (Å²) in [5.74, 6) is -2.38. The summed E-state index contributed by atoms with van der Waals surface area (Å²) in [6.45, 7) is 2.55. The first-order chi connectivity index (χ1) is 27.1. The van der Waals surface area contributed by atoms with Crippen molar-refractivity contribution in [1.82, 2.24) is 5.32 Å². The lowest BCUT2D eigenvalue weighted by Gasteiger charge is -2.18. The van der Waals surface area contributed by atoms with Crippen LogP contribution >= 0.6 is 7.82 Å². The Balaban J connectivity index is 3.90. The highest BCUT2D eigenvalue weighted by Gasteiger charge is 2.28. The van der Waals surface area contributed by atoms with Gasteiger partial charge in [0.05, 0.1) is 13.2 Å². The van der Waals surface area contributed by atoms with E-state index in [0.717, 1.165) is 70.6 Å². The topological polar surface area (TPSA) is 169 Å². The predicted octanol–water partition coefficient (Wildman–Crippen LogP) is 11.2. The Labute approximate surface area is 340 Å². The molecule has 0 aliphatic carbocycles. The Hall–Kier alpha value is -2.30. The minimum Gasteiger partial charge on any atom is -0.480 e. The first kappa shape index (κ1) is 53.7. The van der Waals surface area contributed by atoms with Crippen molar-refractivity contribution in [3.63, 3.8) is 0 Å². The summed E-state index contributed by atoms with van der Waals surface area (Å²) in [5, 5.41) is 21.8. The van der Waals surface area contributed by atoms with Gasteiger partial charge >= 0.3 is 19.8 Å². The van der Waals surface area contributed by atoms with E-state index >= 15 is 0 Å². The van der Waals surface area contributed by atoms with E-state index in [1.165, 1.54) is 83.5 Å². The molecule has 0 aliphatic heterocycles. The number of phosphoric ester groups is 1. The highest BCUT2D eigenvalue weighted by Crippen LogP contribution is 2.43. The molecular formula is C44H80NO10P. The summed E-state index contributed by atoms with van der Waals surface area (Å²) < 4.78 is 26.8. The summed E-state index contributed by atoms with van der Waals surface area (Å²) >= 11 is 0. The van der Waals surface area contributed by atoms with Gasteiger partial charge in [-0.1, -0.05) is 166 Å². The van der Waals surface area contributed by atoms with Crippen LogP contribution in [0.5, 0.6) is 0 Å². The molecule has 12 heteroatoms. The van der Waals surface area contributed by atoms with Crippen molar-refractivity contribution in [2.45, 2.75) is 206 Å². The number of aliphatic carboxylic acids is 1. The average molecular weight is 814 g/mol. The predicted molar refractivity (Wildman–Crippen MR) is 226 cm³/mol. The van der Waals surface area contributed by atoms with E-state index in [9.17, 15) is 34.1 Å². The van der Waals surface area contributed by atoms with Crippen LogP contribution in [0.4, 0.5) is 0 Å². The van der Waals surface area contributed by atoms with Gasteiger partial charge in [-0.15, -0.1) is 0 Å². The van der Waals surface area contributed by atoms with E-state index in [1.807, 2.05) is 0 Å². The maximum atomic E-state index is 12.3. The number of unbranched alkanes of at least 4 members (excludes halogenated alkanes) is 21. The number of rotatable bonds is 41. The molecule has 0 bridgehead atoms. The van der Waals surface area contributed by atoms with Crippen molar-refractivity contribution in [1.29, 1.82) is 0 Å². The van der Waals surface area contributed by atoms with Crippen molar-refractivity contribution >= 4 is 25.7 Å². The zero-order valence-electron chi connectivity index (χ0n) is 35.2. The highest BCUT2D eigenvalue weighted by molar-refractivity contribution is 7.47. The van der Waals surface area contributed by atoms with E-state index in [4.69, 9.17) is 13.8 Å².